The van der Waals surface area contributed by atoms with Crippen LogP contribution in [0.25, 0.3) is 0 Å². The highest BCUT2D eigenvalue weighted by atomic mass is 32.2. The van der Waals surface area contributed by atoms with E-state index in [1.54, 1.807) is 0 Å². The Hall–Kier alpha value is -0.510. The van der Waals surface area contributed by atoms with Crippen LogP contribution in [0.4, 0.5) is 0 Å². The topological polar surface area (TPSA) is 46.2 Å². The van der Waals surface area contributed by atoms with Crippen molar-refractivity contribution in [3.8, 4) is 0 Å². The summed E-state index contributed by atoms with van der Waals surface area (Å²) < 4.78 is 0. The summed E-state index contributed by atoms with van der Waals surface area (Å²) >= 11 is 1.88. The van der Waals surface area contributed by atoms with Crippen LogP contribution in [0.1, 0.15) is 38.9 Å². The van der Waals surface area contributed by atoms with Gasteiger partial charge < -0.3 is 10.8 Å². The minimum atomic E-state index is -0.454. The van der Waals surface area contributed by atoms with E-state index < -0.39 is 6.10 Å². The standard InChI is InChI=1S/C15H25NOS/c1-11(2)8-9-18-14-6-4-13(5-7-14)15(17)12(3)10-16/h4-7,11-12,15,17H,8-10,16H2,1-3H3. The molecule has 0 aliphatic heterocycles. The third kappa shape index (κ3) is 5.01. The maximum Gasteiger partial charge on any atom is 0.0827 e. The highest BCUT2D eigenvalue weighted by Crippen LogP contribution is 2.25. The number of thioether (sulfide) groups is 1. The quantitative estimate of drug-likeness (QED) is 0.744. The first-order chi connectivity index (χ1) is 8.54. The van der Waals surface area contributed by atoms with Crippen LogP contribution >= 0.6 is 11.8 Å². The highest BCUT2D eigenvalue weighted by molar-refractivity contribution is 7.99. The summed E-state index contributed by atoms with van der Waals surface area (Å²) in [6.07, 6.45) is 0.781. The first kappa shape index (κ1) is 15.5. The highest BCUT2D eigenvalue weighted by Gasteiger charge is 2.14. The molecule has 1 aromatic rings. The van der Waals surface area contributed by atoms with Crippen molar-refractivity contribution in [3.05, 3.63) is 29.8 Å². The van der Waals surface area contributed by atoms with Crippen molar-refractivity contribution in [3.63, 3.8) is 0 Å². The van der Waals surface area contributed by atoms with E-state index in [1.165, 1.54) is 11.3 Å². The monoisotopic (exact) mass is 267 g/mol. The molecule has 0 aliphatic carbocycles. The molecule has 0 bridgehead atoms. The van der Waals surface area contributed by atoms with Crippen molar-refractivity contribution in [2.45, 2.75) is 38.2 Å². The third-order valence-corrected chi connectivity index (χ3v) is 4.14. The molecule has 0 aliphatic rings. The first-order valence-corrected chi connectivity index (χ1v) is 7.64. The van der Waals surface area contributed by atoms with Crippen molar-refractivity contribution in [1.29, 1.82) is 0 Å². The van der Waals surface area contributed by atoms with E-state index in [1.807, 2.05) is 30.8 Å². The Labute approximate surface area is 115 Å². The van der Waals surface area contributed by atoms with Gasteiger partial charge in [0.05, 0.1) is 6.10 Å². The molecule has 0 heterocycles. The summed E-state index contributed by atoms with van der Waals surface area (Å²) in [6, 6.07) is 8.20. The van der Waals surface area contributed by atoms with Crippen LogP contribution in [0, 0.1) is 11.8 Å². The smallest absolute Gasteiger partial charge is 0.0827 e. The van der Waals surface area contributed by atoms with Gasteiger partial charge in [0, 0.05) is 4.90 Å². The second kappa shape index (κ2) is 7.82. The van der Waals surface area contributed by atoms with Gasteiger partial charge in [0.25, 0.3) is 0 Å². The van der Waals surface area contributed by atoms with Gasteiger partial charge in [-0.2, -0.15) is 0 Å². The maximum absolute atomic E-state index is 10.0. The molecule has 0 spiro atoms. The average Bonchev–Trinajstić information content (AvgIpc) is 2.37. The summed E-state index contributed by atoms with van der Waals surface area (Å²) in [6.45, 7) is 6.96. The number of hydrogen-bond acceptors (Lipinski definition) is 3. The minimum absolute atomic E-state index is 0.101. The van der Waals surface area contributed by atoms with Crippen LogP contribution in [0.2, 0.25) is 0 Å². The molecule has 1 rings (SSSR count). The van der Waals surface area contributed by atoms with Gasteiger partial charge in [-0.25, -0.2) is 0 Å². The van der Waals surface area contributed by atoms with Crippen molar-refractivity contribution >= 4 is 11.8 Å². The first-order valence-electron chi connectivity index (χ1n) is 6.65. The van der Waals surface area contributed by atoms with Crippen molar-refractivity contribution in [2.24, 2.45) is 17.6 Å². The second-order valence-corrected chi connectivity index (χ2v) is 6.43. The summed E-state index contributed by atoms with van der Waals surface area (Å²) in [5.74, 6) is 2.01. The Balaban J connectivity index is 2.52. The predicted octanol–water partition coefficient (Wildman–Crippen LogP) is 3.45. The van der Waals surface area contributed by atoms with Gasteiger partial charge in [-0.3, -0.25) is 0 Å². The summed E-state index contributed by atoms with van der Waals surface area (Å²) in [5, 5.41) is 10.0. The van der Waals surface area contributed by atoms with Gasteiger partial charge in [-0.05, 0) is 48.3 Å². The third-order valence-electron chi connectivity index (χ3n) is 3.10. The Bertz CT molecular complexity index is 337. The van der Waals surface area contributed by atoms with Crippen LogP contribution in [-0.2, 0) is 0 Å². The molecule has 102 valence electrons. The number of aliphatic hydroxyl groups excluding tert-OH is 1. The lowest BCUT2D eigenvalue weighted by atomic mass is 9.98. The fourth-order valence-corrected chi connectivity index (χ4v) is 2.78. The lowest BCUT2D eigenvalue weighted by Crippen LogP contribution is -2.18. The fourth-order valence-electron chi connectivity index (χ4n) is 1.63. The van der Waals surface area contributed by atoms with Crippen molar-refractivity contribution in [2.75, 3.05) is 12.3 Å². The zero-order valence-electron chi connectivity index (χ0n) is 11.6. The van der Waals surface area contributed by atoms with Gasteiger partial charge >= 0.3 is 0 Å². The Morgan fingerprint density at radius 1 is 1.17 bits per heavy atom. The zero-order valence-corrected chi connectivity index (χ0v) is 12.4. The van der Waals surface area contributed by atoms with Gasteiger partial charge in [-0.1, -0.05) is 32.9 Å². The van der Waals surface area contributed by atoms with Gasteiger partial charge in [0.15, 0.2) is 0 Å². The van der Waals surface area contributed by atoms with E-state index in [-0.39, 0.29) is 5.92 Å². The molecule has 0 saturated carbocycles. The van der Waals surface area contributed by atoms with Crippen molar-refractivity contribution < 1.29 is 5.11 Å². The average molecular weight is 267 g/mol. The molecule has 3 heteroatoms. The number of aliphatic hydroxyl groups is 1. The maximum atomic E-state index is 10.0. The molecule has 3 N–H and O–H groups in total. The van der Waals surface area contributed by atoms with Crippen LogP contribution in [0.3, 0.4) is 0 Å². The largest absolute Gasteiger partial charge is 0.388 e. The zero-order chi connectivity index (χ0) is 13.5. The van der Waals surface area contributed by atoms with Gasteiger partial charge in [-0.15, -0.1) is 11.8 Å². The molecule has 2 atom stereocenters. The number of benzene rings is 1. The Morgan fingerprint density at radius 2 is 1.78 bits per heavy atom. The summed E-state index contributed by atoms with van der Waals surface area (Å²) in [7, 11) is 0. The SMILES string of the molecule is CC(C)CCSc1ccc(C(O)C(C)CN)cc1. The summed E-state index contributed by atoms with van der Waals surface area (Å²) in [4.78, 5) is 1.27. The lowest BCUT2D eigenvalue weighted by Gasteiger charge is -2.17. The molecule has 0 radical (unpaired) electrons. The number of hydrogen-bond donors (Lipinski definition) is 2. The molecule has 0 amide bonds. The molecular weight excluding hydrogens is 242 g/mol. The number of rotatable bonds is 7. The predicted molar refractivity (Wildman–Crippen MR) is 79.8 cm³/mol. The van der Waals surface area contributed by atoms with E-state index >= 15 is 0 Å². The van der Waals surface area contributed by atoms with E-state index in [9.17, 15) is 5.11 Å². The lowest BCUT2D eigenvalue weighted by molar-refractivity contribution is 0.121. The molecule has 0 saturated heterocycles. The minimum Gasteiger partial charge on any atom is -0.388 e. The van der Waals surface area contributed by atoms with E-state index in [0.717, 1.165) is 17.2 Å². The molecule has 2 nitrogen and oxygen atoms in total. The molecule has 2 unspecified atom stereocenters. The molecular formula is C15H25NOS. The van der Waals surface area contributed by atoms with Gasteiger partial charge in [0.1, 0.15) is 0 Å². The molecule has 18 heavy (non-hydrogen) atoms. The Morgan fingerprint density at radius 3 is 2.28 bits per heavy atom. The van der Waals surface area contributed by atoms with E-state index in [2.05, 4.69) is 26.0 Å². The Kier molecular flexibility index (Phi) is 6.76. The van der Waals surface area contributed by atoms with E-state index in [4.69, 9.17) is 5.73 Å². The van der Waals surface area contributed by atoms with Crippen LogP contribution in [0.5, 0.6) is 0 Å². The molecule has 0 aromatic heterocycles. The van der Waals surface area contributed by atoms with Crippen molar-refractivity contribution in [1.82, 2.24) is 0 Å². The summed E-state index contributed by atoms with van der Waals surface area (Å²) in [5.41, 5.74) is 6.53. The van der Waals surface area contributed by atoms with Crippen LogP contribution in [-0.4, -0.2) is 17.4 Å². The second-order valence-electron chi connectivity index (χ2n) is 5.26. The normalized spacial score (nSPS) is 14.8. The molecule has 0 fully saturated rings. The fraction of sp³-hybridized carbons (Fsp3) is 0.600. The van der Waals surface area contributed by atoms with Crippen LogP contribution in [0.15, 0.2) is 29.2 Å². The van der Waals surface area contributed by atoms with Gasteiger partial charge in [0.2, 0.25) is 0 Å². The molecule has 1 aromatic carbocycles. The van der Waals surface area contributed by atoms with Crippen LogP contribution < -0.4 is 5.73 Å². The number of nitrogens with two attached hydrogens (primary N) is 1. The van der Waals surface area contributed by atoms with E-state index in [0.29, 0.717) is 6.54 Å².